The quantitative estimate of drug-likeness (QED) is 0.549. The SMILES string of the molecule is O=C(CCc1ncc(-c2ccc(F)cc2)o1)NCCCOCc1ccco1. The monoisotopic (exact) mass is 372 g/mol. The summed E-state index contributed by atoms with van der Waals surface area (Å²) in [6.45, 7) is 1.52. The minimum Gasteiger partial charge on any atom is -0.467 e. The molecular weight excluding hydrogens is 351 g/mol. The number of aromatic nitrogens is 1. The topological polar surface area (TPSA) is 77.5 Å². The van der Waals surface area contributed by atoms with Gasteiger partial charge in [0.2, 0.25) is 5.91 Å². The van der Waals surface area contributed by atoms with Crippen LogP contribution >= 0.6 is 0 Å². The Morgan fingerprint density at radius 2 is 2.07 bits per heavy atom. The van der Waals surface area contributed by atoms with Crippen LogP contribution in [-0.2, 0) is 22.6 Å². The summed E-state index contributed by atoms with van der Waals surface area (Å²) in [5.41, 5.74) is 0.745. The molecule has 0 saturated carbocycles. The van der Waals surface area contributed by atoms with E-state index in [1.54, 1.807) is 24.6 Å². The highest BCUT2D eigenvalue weighted by Crippen LogP contribution is 2.21. The number of amides is 1. The molecule has 7 heteroatoms. The summed E-state index contributed by atoms with van der Waals surface area (Å²) in [6.07, 6.45) is 4.60. The average molecular weight is 372 g/mol. The van der Waals surface area contributed by atoms with Crippen molar-refractivity contribution in [1.29, 1.82) is 0 Å². The molecular formula is C20H21FN2O4. The highest BCUT2D eigenvalue weighted by atomic mass is 19.1. The van der Waals surface area contributed by atoms with Gasteiger partial charge in [-0.05, 0) is 42.8 Å². The largest absolute Gasteiger partial charge is 0.467 e. The van der Waals surface area contributed by atoms with Crippen molar-refractivity contribution < 1.29 is 22.8 Å². The Morgan fingerprint density at radius 1 is 1.22 bits per heavy atom. The van der Waals surface area contributed by atoms with Crippen molar-refractivity contribution in [3.63, 3.8) is 0 Å². The van der Waals surface area contributed by atoms with E-state index in [-0.39, 0.29) is 18.1 Å². The number of aryl methyl sites for hydroxylation is 1. The average Bonchev–Trinajstić information content (AvgIpc) is 3.35. The molecule has 27 heavy (non-hydrogen) atoms. The van der Waals surface area contributed by atoms with Gasteiger partial charge in [0.05, 0.1) is 12.5 Å². The van der Waals surface area contributed by atoms with Gasteiger partial charge in [-0.2, -0.15) is 0 Å². The third-order valence-electron chi connectivity index (χ3n) is 3.86. The van der Waals surface area contributed by atoms with Crippen molar-refractivity contribution in [2.75, 3.05) is 13.2 Å². The molecule has 0 unspecified atom stereocenters. The molecule has 3 rings (SSSR count). The summed E-state index contributed by atoms with van der Waals surface area (Å²) in [7, 11) is 0. The molecule has 0 spiro atoms. The zero-order valence-electron chi connectivity index (χ0n) is 14.8. The number of halogens is 1. The van der Waals surface area contributed by atoms with E-state index in [2.05, 4.69) is 10.3 Å². The van der Waals surface area contributed by atoms with Crippen molar-refractivity contribution in [3.05, 3.63) is 66.3 Å². The van der Waals surface area contributed by atoms with Crippen LogP contribution < -0.4 is 5.32 Å². The fourth-order valence-corrected chi connectivity index (χ4v) is 2.45. The van der Waals surface area contributed by atoms with Crippen LogP contribution in [0.4, 0.5) is 4.39 Å². The molecule has 3 aromatic rings. The smallest absolute Gasteiger partial charge is 0.220 e. The first-order valence-electron chi connectivity index (χ1n) is 8.78. The van der Waals surface area contributed by atoms with E-state index in [1.165, 1.54) is 12.1 Å². The first-order chi connectivity index (χ1) is 13.2. The summed E-state index contributed by atoms with van der Waals surface area (Å²) < 4.78 is 29.2. The molecule has 2 aromatic heterocycles. The number of hydrogen-bond donors (Lipinski definition) is 1. The molecule has 0 radical (unpaired) electrons. The van der Waals surface area contributed by atoms with E-state index >= 15 is 0 Å². The van der Waals surface area contributed by atoms with Gasteiger partial charge in [-0.25, -0.2) is 9.37 Å². The van der Waals surface area contributed by atoms with Crippen LogP contribution in [0.25, 0.3) is 11.3 Å². The number of benzene rings is 1. The number of oxazole rings is 1. The van der Waals surface area contributed by atoms with E-state index in [9.17, 15) is 9.18 Å². The molecule has 1 aromatic carbocycles. The van der Waals surface area contributed by atoms with Gasteiger partial charge < -0.3 is 18.9 Å². The zero-order valence-corrected chi connectivity index (χ0v) is 14.8. The Bertz CT molecular complexity index is 828. The molecule has 0 aliphatic heterocycles. The van der Waals surface area contributed by atoms with Crippen molar-refractivity contribution in [1.82, 2.24) is 10.3 Å². The highest BCUT2D eigenvalue weighted by Gasteiger charge is 2.09. The number of carbonyl (C=O) groups is 1. The molecule has 0 bridgehead atoms. The van der Waals surface area contributed by atoms with E-state index in [0.29, 0.717) is 37.8 Å². The Balaban J connectivity index is 1.30. The first-order valence-corrected chi connectivity index (χ1v) is 8.78. The fraction of sp³-hybridized carbons (Fsp3) is 0.300. The van der Waals surface area contributed by atoms with Gasteiger partial charge in [0.1, 0.15) is 18.2 Å². The maximum atomic E-state index is 12.9. The summed E-state index contributed by atoms with van der Waals surface area (Å²) in [5.74, 6) is 1.44. The number of ether oxygens (including phenoxy) is 1. The van der Waals surface area contributed by atoms with Crippen molar-refractivity contribution in [3.8, 4) is 11.3 Å². The first kappa shape index (κ1) is 18.8. The standard InChI is InChI=1S/C20H21FN2O4/c21-16-6-4-15(5-7-16)18-13-23-20(27-18)9-8-19(24)22-10-2-11-25-14-17-3-1-12-26-17/h1,3-7,12-13H,2,8-11,14H2,(H,22,24). The molecule has 0 saturated heterocycles. The van der Waals surface area contributed by atoms with E-state index in [4.69, 9.17) is 13.6 Å². The lowest BCUT2D eigenvalue weighted by molar-refractivity contribution is -0.121. The second-order valence-electron chi connectivity index (χ2n) is 5.96. The summed E-state index contributed by atoms with van der Waals surface area (Å²) in [6, 6.07) is 9.65. The Kier molecular flexibility index (Phi) is 6.76. The van der Waals surface area contributed by atoms with Gasteiger partial charge in [-0.3, -0.25) is 4.79 Å². The van der Waals surface area contributed by atoms with Gasteiger partial charge >= 0.3 is 0 Å². The van der Waals surface area contributed by atoms with Crippen LogP contribution in [-0.4, -0.2) is 24.0 Å². The van der Waals surface area contributed by atoms with E-state index < -0.39 is 0 Å². The number of nitrogens with zero attached hydrogens (tertiary/aromatic N) is 1. The summed E-state index contributed by atoms with van der Waals surface area (Å²) >= 11 is 0. The third kappa shape index (κ3) is 6.07. The molecule has 2 heterocycles. The van der Waals surface area contributed by atoms with Gasteiger partial charge in [0.25, 0.3) is 0 Å². The maximum absolute atomic E-state index is 12.9. The van der Waals surface area contributed by atoms with Crippen molar-refractivity contribution >= 4 is 5.91 Å². The second-order valence-corrected chi connectivity index (χ2v) is 5.96. The minimum atomic E-state index is -0.304. The lowest BCUT2D eigenvalue weighted by Crippen LogP contribution is -2.25. The van der Waals surface area contributed by atoms with E-state index in [0.717, 1.165) is 17.7 Å². The molecule has 0 aliphatic rings. The maximum Gasteiger partial charge on any atom is 0.220 e. The predicted molar refractivity (Wildman–Crippen MR) is 96.2 cm³/mol. The molecule has 0 aliphatic carbocycles. The number of rotatable bonds is 10. The number of hydrogen-bond acceptors (Lipinski definition) is 5. The van der Waals surface area contributed by atoms with Gasteiger partial charge in [-0.15, -0.1) is 0 Å². The second kappa shape index (κ2) is 9.68. The zero-order chi connectivity index (χ0) is 18.9. The Hall–Kier alpha value is -2.93. The molecule has 1 N–H and O–H groups in total. The Labute approximate surface area is 156 Å². The van der Waals surface area contributed by atoms with Crippen LogP contribution in [0.2, 0.25) is 0 Å². The van der Waals surface area contributed by atoms with Gasteiger partial charge in [-0.1, -0.05) is 0 Å². The normalized spacial score (nSPS) is 10.9. The lowest BCUT2D eigenvalue weighted by atomic mass is 10.2. The van der Waals surface area contributed by atoms with Crippen LogP contribution in [0.5, 0.6) is 0 Å². The fourth-order valence-electron chi connectivity index (χ4n) is 2.45. The number of carbonyl (C=O) groups excluding carboxylic acids is 1. The van der Waals surface area contributed by atoms with Crippen molar-refractivity contribution in [2.45, 2.75) is 25.9 Å². The summed E-state index contributed by atoms with van der Waals surface area (Å²) in [5, 5.41) is 2.84. The number of nitrogens with one attached hydrogen (secondary N) is 1. The van der Waals surface area contributed by atoms with Gasteiger partial charge in [0.15, 0.2) is 11.7 Å². The number of furan rings is 1. The third-order valence-corrected chi connectivity index (χ3v) is 3.86. The predicted octanol–water partition coefficient (Wildman–Crippen LogP) is 3.73. The molecule has 6 nitrogen and oxygen atoms in total. The van der Waals surface area contributed by atoms with Crippen LogP contribution in [0.1, 0.15) is 24.5 Å². The van der Waals surface area contributed by atoms with Crippen LogP contribution in [0.3, 0.4) is 0 Å². The molecule has 0 atom stereocenters. The van der Waals surface area contributed by atoms with Gasteiger partial charge in [0, 0.05) is 31.6 Å². The lowest BCUT2D eigenvalue weighted by Gasteiger charge is -2.05. The molecule has 142 valence electrons. The minimum absolute atomic E-state index is 0.0671. The molecule has 0 fully saturated rings. The van der Waals surface area contributed by atoms with Crippen LogP contribution in [0.15, 0.2) is 57.7 Å². The summed E-state index contributed by atoms with van der Waals surface area (Å²) in [4.78, 5) is 16.0. The molecule has 1 amide bonds. The van der Waals surface area contributed by atoms with Crippen LogP contribution in [0, 0.1) is 5.82 Å². The van der Waals surface area contributed by atoms with Crippen molar-refractivity contribution in [2.24, 2.45) is 0 Å². The Morgan fingerprint density at radius 3 is 2.85 bits per heavy atom. The van der Waals surface area contributed by atoms with E-state index in [1.807, 2.05) is 12.1 Å². The highest BCUT2D eigenvalue weighted by molar-refractivity contribution is 5.76.